The van der Waals surface area contributed by atoms with Crippen molar-refractivity contribution in [3.8, 4) is 0 Å². The Labute approximate surface area is 190 Å². The minimum atomic E-state index is -0.0796. The third-order valence-corrected chi connectivity index (χ3v) is 7.14. The van der Waals surface area contributed by atoms with E-state index in [4.69, 9.17) is 9.82 Å². The molecule has 1 saturated heterocycles. The molecule has 3 aliphatic rings. The Kier molecular flexibility index (Phi) is 6.57. The Bertz CT molecular complexity index is 956. The molecule has 3 heterocycles. The van der Waals surface area contributed by atoms with Crippen LogP contribution in [0.3, 0.4) is 0 Å². The van der Waals surface area contributed by atoms with Gasteiger partial charge in [0.1, 0.15) is 12.0 Å². The van der Waals surface area contributed by atoms with Gasteiger partial charge in [-0.15, -0.1) is 5.48 Å². The number of anilines is 1. The summed E-state index contributed by atoms with van der Waals surface area (Å²) < 4.78 is 0. The summed E-state index contributed by atoms with van der Waals surface area (Å²) in [4.78, 5) is 17.6. The number of nitrogens with zero attached hydrogens (tertiary/aromatic N) is 3. The van der Waals surface area contributed by atoms with Crippen molar-refractivity contribution in [1.82, 2.24) is 15.8 Å². The molecule has 3 N–H and O–H groups in total. The Morgan fingerprint density at radius 3 is 2.72 bits per heavy atom. The lowest BCUT2D eigenvalue weighted by Crippen LogP contribution is -2.53. The molecule has 2 aliphatic heterocycles. The molecule has 2 aromatic rings. The van der Waals surface area contributed by atoms with Crippen molar-refractivity contribution < 1.29 is 9.94 Å². The fourth-order valence-corrected chi connectivity index (χ4v) is 5.38. The standard InChI is InChI=1S/C25H35N5O2/c1-17-26-25(32-29-17)21-14-18-8-6-7-11-22(18)28-24(21)30-13-12-23(19(15-30)16-31)27-20-9-4-2-3-5-10-20/h6-8,11,14,17,19-20,23,27,29,31H,2-5,9-10,12-13,15-16H2,1H3. The lowest BCUT2D eigenvalue weighted by molar-refractivity contribution is 0.163. The molecule has 0 amide bonds. The van der Waals surface area contributed by atoms with Crippen molar-refractivity contribution in [1.29, 1.82) is 0 Å². The third kappa shape index (κ3) is 4.60. The monoisotopic (exact) mass is 437 g/mol. The van der Waals surface area contributed by atoms with Crippen molar-refractivity contribution in [2.45, 2.75) is 70.1 Å². The van der Waals surface area contributed by atoms with Crippen molar-refractivity contribution in [2.75, 3.05) is 24.6 Å². The van der Waals surface area contributed by atoms with E-state index in [0.717, 1.165) is 41.8 Å². The average Bonchev–Trinajstić information content (AvgIpc) is 3.09. The number of hydroxylamine groups is 1. The van der Waals surface area contributed by atoms with Gasteiger partial charge in [-0.05, 0) is 38.3 Å². The van der Waals surface area contributed by atoms with E-state index < -0.39 is 0 Å². The van der Waals surface area contributed by atoms with Crippen LogP contribution in [0, 0.1) is 5.92 Å². The van der Waals surface area contributed by atoms with Gasteiger partial charge in [0.25, 0.3) is 0 Å². The predicted molar refractivity (Wildman–Crippen MR) is 128 cm³/mol. The van der Waals surface area contributed by atoms with Crippen LogP contribution in [0.25, 0.3) is 10.9 Å². The number of para-hydroxylation sites is 1. The maximum atomic E-state index is 10.3. The molecule has 5 rings (SSSR count). The summed E-state index contributed by atoms with van der Waals surface area (Å²) in [6, 6.07) is 11.2. The summed E-state index contributed by atoms with van der Waals surface area (Å²) in [6.07, 6.45) is 8.79. The van der Waals surface area contributed by atoms with Crippen LogP contribution in [-0.4, -0.2) is 53.9 Å². The molecule has 0 spiro atoms. The van der Waals surface area contributed by atoms with Crippen LogP contribution in [0.2, 0.25) is 0 Å². The number of aliphatic hydroxyl groups is 1. The molecule has 32 heavy (non-hydrogen) atoms. The number of nitrogens with one attached hydrogen (secondary N) is 2. The van der Waals surface area contributed by atoms with Crippen LogP contribution in [-0.2, 0) is 4.84 Å². The van der Waals surface area contributed by atoms with Crippen LogP contribution in [0.15, 0.2) is 35.3 Å². The maximum absolute atomic E-state index is 10.3. The second-order valence-electron chi connectivity index (χ2n) is 9.52. The molecule has 2 fully saturated rings. The fourth-order valence-electron chi connectivity index (χ4n) is 5.38. The van der Waals surface area contributed by atoms with E-state index in [2.05, 4.69) is 32.8 Å². The van der Waals surface area contributed by atoms with Gasteiger partial charge in [0, 0.05) is 43.1 Å². The topological polar surface area (TPSA) is 82.0 Å². The average molecular weight is 438 g/mol. The number of hydrogen-bond donors (Lipinski definition) is 3. The van der Waals surface area contributed by atoms with Gasteiger partial charge in [-0.3, -0.25) is 0 Å². The molecule has 7 heteroatoms. The van der Waals surface area contributed by atoms with Gasteiger partial charge in [0.2, 0.25) is 5.90 Å². The zero-order chi connectivity index (χ0) is 21.9. The van der Waals surface area contributed by atoms with E-state index in [1.165, 1.54) is 38.5 Å². The van der Waals surface area contributed by atoms with Gasteiger partial charge in [0.15, 0.2) is 0 Å². The molecule has 1 saturated carbocycles. The molecule has 1 aromatic heterocycles. The first-order valence-electron chi connectivity index (χ1n) is 12.2. The van der Waals surface area contributed by atoms with Crippen molar-refractivity contribution in [3.05, 3.63) is 35.9 Å². The minimum Gasteiger partial charge on any atom is -0.396 e. The normalized spacial score (nSPS) is 27.2. The van der Waals surface area contributed by atoms with E-state index in [0.29, 0.717) is 18.0 Å². The zero-order valence-electron chi connectivity index (χ0n) is 19.0. The lowest BCUT2D eigenvalue weighted by atomic mass is 9.91. The smallest absolute Gasteiger partial charge is 0.246 e. The quantitative estimate of drug-likeness (QED) is 0.623. The van der Waals surface area contributed by atoms with E-state index in [1.54, 1.807) is 0 Å². The number of aromatic nitrogens is 1. The van der Waals surface area contributed by atoms with E-state index in [9.17, 15) is 5.11 Å². The molecular formula is C25H35N5O2. The van der Waals surface area contributed by atoms with Crippen LogP contribution in [0.5, 0.6) is 0 Å². The summed E-state index contributed by atoms with van der Waals surface area (Å²) in [5.41, 5.74) is 4.80. The van der Waals surface area contributed by atoms with Gasteiger partial charge in [0.05, 0.1) is 11.1 Å². The van der Waals surface area contributed by atoms with Crippen molar-refractivity contribution >= 4 is 22.6 Å². The second-order valence-corrected chi connectivity index (χ2v) is 9.52. The summed E-state index contributed by atoms with van der Waals surface area (Å²) in [6.45, 7) is 3.82. The molecule has 172 valence electrons. The lowest BCUT2D eigenvalue weighted by Gasteiger charge is -2.41. The Balaban J connectivity index is 1.39. The van der Waals surface area contributed by atoms with Crippen molar-refractivity contribution in [2.24, 2.45) is 10.9 Å². The molecule has 3 unspecified atom stereocenters. The molecule has 1 aliphatic carbocycles. The number of pyridine rings is 1. The SMILES string of the molecule is CC1N=C(c2cc3ccccc3nc2N2CCC(NC3CCCCCC3)C(CO)C2)ON1. The number of aliphatic hydroxyl groups excluding tert-OH is 1. The van der Waals surface area contributed by atoms with E-state index in [1.807, 2.05) is 25.1 Å². The number of benzene rings is 1. The largest absolute Gasteiger partial charge is 0.396 e. The second kappa shape index (κ2) is 9.73. The molecule has 0 bridgehead atoms. The van der Waals surface area contributed by atoms with Gasteiger partial charge in [-0.2, -0.15) is 0 Å². The highest BCUT2D eigenvalue weighted by molar-refractivity contribution is 6.02. The number of aliphatic imine (C=N–C) groups is 1. The number of rotatable bonds is 5. The third-order valence-electron chi connectivity index (χ3n) is 7.14. The van der Waals surface area contributed by atoms with Crippen LogP contribution >= 0.6 is 0 Å². The summed E-state index contributed by atoms with van der Waals surface area (Å²) >= 11 is 0. The van der Waals surface area contributed by atoms with Gasteiger partial charge < -0.3 is 20.2 Å². The van der Waals surface area contributed by atoms with Crippen LogP contribution in [0.1, 0.15) is 57.4 Å². The number of piperidine rings is 1. The van der Waals surface area contributed by atoms with Gasteiger partial charge in [-0.25, -0.2) is 9.98 Å². The zero-order valence-corrected chi connectivity index (χ0v) is 19.0. The Hall–Kier alpha value is -2.22. The molecule has 3 atom stereocenters. The van der Waals surface area contributed by atoms with E-state index >= 15 is 0 Å². The Morgan fingerprint density at radius 1 is 1.16 bits per heavy atom. The first kappa shape index (κ1) is 21.6. The molecular weight excluding hydrogens is 402 g/mol. The van der Waals surface area contributed by atoms with E-state index in [-0.39, 0.29) is 18.7 Å². The number of fused-ring (bicyclic) bond motifs is 1. The highest BCUT2D eigenvalue weighted by Crippen LogP contribution is 2.30. The molecule has 7 nitrogen and oxygen atoms in total. The number of hydrogen-bond acceptors (Lipinski definition) is 7. The first-order valence-corrected chi connectivity index (χ1v) is 12.2. The highest BCUT2D eigenvalue weighted by Gasteiger charge is 2.33. The van der Waals surface area contributed by atoms with Crippen LogP contribution in [0.4, 0.5) is 5.82 Å². The fraction of sp³-hybridized carbons (Fsp3) is 0.600. The first-order chi connectivity index (χ1) is 15.7. The maximum Gasteiger partial charge on any atom is 0.246 e. The van der Waals surface area contributed by atoms with Gasteiger partial charge in [-0.1, -0.05) is 43.9 Å². The summed E-state index contributed by atoms with van der Waals surface area (Å²) in [5, 5.41) is 15.2. The minimum absolute atomic E-state index is 0.0796. The molecule has 0 radical (unpaired) electrons. The highest BCUT2D eigenvalue weighted by atomic mass is 16.7. The summed E-state index contributed by atoms with van der Waals surface area (Å²) in [7, 11) is 0. The summed E-state index contributed by atoms with van der Waals surface area (Å²) in [5.74, 6) is 1.66. The predicted octanol–water partition coefficient (Wildman–Crippen LogP) is 3.36. The molecule has 1 aromatic carbocycles. The Morgan fingerprint density at radius 2 is 1.97 bits per heavy atom. The van der Waals surface area contributed by atoms with Gasteiger partial charge >= 0.3 is 0 Å². The van der Waals surface area contributed by atoms with Crippen molar-refractivity contribution in [3.63, 3.8) is 0 Å². The van der Waals surface area contributed by atoms with Crippen LogP contribution < -0.4 is 15.7 Å².